The van der Waals surface area contributed by atoms with E-state index in [1.807, 2.05) is 19.1 Å². The number of hydrogen-bond donors (Lipinski definition) is 2. The lowest BCUT2D eigenvalue weighted by molar-refractivity contribution is -0.138. The van der Waals surface area contributed by atoms with Crippen LogP contribution in [0.1, 0.15) is 18.9 Å². The molecule has 1 unspecified atom stereocenters. The Balaban J connectivity index is 2.19. The molecule has 1 heterocycles. The minimum atomic E-state index is -4.11. The molecule has 0 aliphatic carbocycles. The molecule has 1 aromatic rings. The van der Waals surface area contributed by atoms with E-state index in [2.05, 4.69) is 15.6 Å². The van der Waals surface area contributed by atoms with Crippen LogP contribution in [-0.2, 0) is 0 Å². The van der Waals surface area contributed by atoms with Crippen molar-refractivity contribution < 1.29 is 13.2 Å². The topological polar surface area (TPSA) is 37.0 Å². The third-order valence-electron chi connectivity index (χ3n) is 2.38. The van der Waals surface area contributed by atoms with Crippen molar-refractivity contribution >= 4 is 5.82 Å². The molecule has 18 heavy (non-hydrogen) atoms. The van der Waals surface area contributed by atoms with E-state index in [4.69, 9.17) is 0 Å². The molecule has 1 atom stereocenters. The molecule has 2 N–H and O–H groups in total. The van der Waals surface area contributed by atoms with Gasteiger partial charge < -0.3 is 10.6 Å². The Morgan fingerprint density at radius 2 is 2.06 bits per heavy atom. The predicted octanol–water partition coefficient (Wildman–Crippen LogP) is 2.73. The molecule has 0 saturated heterocycles. The Morgan fingerprint density at radius 1 is 1.33 bits per heavy atom. The van der Waals surface area contributed by atoms with Crippen molar-refractivity contribution in [3.05, 3.63) is 23.9 Å². The van der Waals surface area contributed by atoms with Gasteiger partial charge in [-0.1, -0.05) is 0 Å². The maximum Gasteiger partial charge on any atom is 0.390 e. The van der Waals surface area contributed by atoms with Crippen LogP contribution in [0.25, 0.3) is 0 Å². The molecule has 0 aliphatic rings. The van der Waals surface area contributed by atoms with E-state index in [-0.39, 0.29) is 0 Å². The van der Waals surface area contributed by atoms with Gasteiger partial charge in [-0.15, -0.1) is 0 Å². The molecular weight excluding hydrogens is 243 g/mol. The molecule has 0 bridgehead atoms. The molecule has 1 aromatic heterocycles. The molecule has 0 radical (unpaired) electrons. The quantitative estimate of drug-likeness (QED) is 0.773. The summed E-state index contributed by atoms with van der Waals surface area (Å²) in [4.78, 5) is 4.10. The number of nitrogens with one attached hydrogen (secondary N) is 2. The van der Waals surface area contributed by atoms with Gasteiger partial charge in [0.2, 0.25) is 0 Å². The summed E-state index contributed by atoms with van der Waals surface area (Å²) in [6, 6.07) is 3.20. The first-order valence-electron chi connectivity index (χ1n) is 5.83. The molecule has 6 heteroatoms. The molecular formula is C12H18F3N3. The fourth-order valence-corrected chi connectivity index (χ4v) is 1.56. The average Bonchev–Trinajstić information content (AvgIpc) is 2.22. The third-order valence-corrected chi connectivity index (χ3v) is 2.38. The number of aryl methyl sites for hydroxylation is 1. The minimum absolute atomic E-state index is 0.465. The number of halogens is 3. The van der Waals surface area contributed by atoms with Gasteiger partial charge in [0.05, 0.1) is 6.42 Å². The Hall–Kier alpha value is -1.30. The van der Waals surface area contributed by atoms with Gasteiger partial charge in [-0.3, -0.25) is 0 Å². The first-order valence-corrected chi connectivity index (χ1v) is 5.83. The summed E-state index contributed by atoms with van der Waals surface area (Å²) in [6.07, 6.45) is -3.23. The molecule has 0 fully saturated rings. The highest BCUT2D eigenvalue weighted by atomic mass is 19.4. The lowest BCUT2D eigenvalue weighted by Gasteiger charge is -2.16. The summed E-state index contributed by atoms with van der Waals surface area (Å²) in [7, 11) is 0. The Morgan fingerprint density at radius 3 is 2.67 bits per heavy atom. The van der Waals surface area contributed by atoms with Gasteiger partial charge in [-0.2, -0.15) is 13.2 Å². The van der Waals surface area contributed by atoms with Gasteiger partial charge in [0, 0.05) is 25.3 Å². The SMILES string of the molecule is Cc1ccnc(NCCNC(C)CC(F)(F)F)c1. The second-order valence-corrected chi connectivity index (χ2v) is 4.32. The number of aromatic nitrogens is 1. The standard InChI is InChI=1S/C12H18F3N3/c1-9-3-4-17-11(7-9)18-6-5-16-10(2)8-12(13,14)15/h3-4,7,10,16H,5-6,8H2,1-2H3,(H,17,18). The van der Waals surface area contributed by atoms with Gasteiger partial charge in [-0.05, 0) is 31.5 Å². The maximum absolute atomic E-state index is 12.1. The molecule has 3 nitrogen and oxygen atoms in total. The van der Waals surface area contributed by atoms with E-state index in [0.29, 0.717) is 13.1 Å². The van der Waals surface area contributed by atoms with Crippen molar-refractivity contribution in [1.82, 2.24) is 10.3 Å². The zero-order valence-corrected chi connectivity index (χ0v) is 10.5. The smallest absolute Gasteiger partial charge is 0.369 e. The Labute approximate surface area is 105 Å². The average molecular weight is 261 g/mol. The summed E-state index contributed by atoms with van der Waals surface area (Å²) in [5, 5.41) is 5.86. The largest absolute Gasteiger partial charge is 0.390 e. The van der Waals surface area contributed by atoms with E-state index in [9.17, 15) is 13.2 Å². The second kappa shape index (κ2) is 6.58. The van der Waals surface area contributed by atoms with E-state index >= 15 is 0 Å². The first kappa shape index (κ1) is 14.8. The van der Waals surface area contributed by atoms with Crippen molar-refractivity contribution in [1.29, 1.82) is 0 Å². The summed E-state index contributed by atoms with van der Waals surface area (Å²) >= 11 is 0. The summed E-state index contributed by atoms with van der Waals surface area (Å²) < 4.78 is 36.2. The van der Waals surface area contributed by atoms with Crippen LogP contribution >= 0.6 is 0 Å². The van der Waals surface area contributed by atoms with Crippen LogP contribution in [0.4, 0.5) is 19.0 Å². The highest BCUT2D eigenvalue weighted by Gasteiger charge is 2.29. The van der Waals surface area contributed by atoms with Crippen molar-refractivity contribution in [2.45, 2.75) is 32.5 Å². The van der Waals surface area contributed by atoms with Crippen molar-refractivity contribution in [3.63, 3.8) is 0 Å². The van der Waals surface area contributed by atoms with Gasteiger partial charge in [-0.25, -0.2) is 4.98 Å². The van der Waals surface area contributed by atoms with Crippen LogP contribution in [0.3, 0.4) is 0 Å². The molecule has 0 aromatic carbocycles. The molecule has 1 rings (SSSR count). The second-order valence-electron chi connectivity index (χ2n) is 4.32. The van der Waals surface area contributed by atoms with Crippen LogP contribution in [0.5, 0.6) is 0 Å². The van der Waals surface area contributed by atoms with Crippen molar-refractivity contribution in [2.24, 2.45) is 0 Å². The number of anilines is 1. The monoisotopic (exact) mass is 261 g/mol. The maximum atomic E-state index is 12.1. The third kappa shape index (κ3) is 6.44. The highest BCUT2D eigenvalue weighted by molar-refractivity contribution is 5.36. The first-order chi connectivity index (χ1) is 8.37. The molecule has 0 amide bonds. The van der Waals surface area contributed by atoms with E-state index < -0.39 is 18.6 Å². The molecule has 0 spiro atoms. The Bertz CT molecular complexity index is 366. The summed E-state index contributed by atoms with van der Waals surface area (Å²) in [5.74, 6) is 0.736. The number of hydrogen-bond acceptors (Lipinski definition) is 3. The van der Waals surface area contributed by atoms with E-state index in [1.165, 1.54) is 6.92 Å². The fourth-order valence-electron chi connectivity index (χ4n) is 1.56. The normalized spacial score (nSPS) is 13.4. The zero-order chi connectivity index (χ0) is 13.6. The van der Waals surface area contributed by atoms with Crippen molar-refractivity contribution in [2.75, 3.05) is 18.4 Å². The van der Waals surface area contributed by atoms with E-state index in [1.54, 1.807) is 6.20 Å². The lowest BCUT2D eigenvalue weighted by atomic mass is 10.2. The lowest BCUT2D eigenvalue weighted by Crippen LogP contribution is -2.34. The Kier molecular flexibility index (Phi) is 5.40. The predicted molar refractivity (Wildman–Crippen MR) is 65.6 cm³/mol. The molecule has 0 saturated carbocycles. The number of alkyl halides is 3. The number of rotatable bonds is 6. The molecule has 102 valence electrons. The van der Waals surface area contributed by atoms with Crippen LogP contribution in [0.15, 0.2) is 18.3 Å². The van der Waals surface area contributed by atoms with E-state index in [0.717, 1.165) is 11.4 Å². The zero-order valence-electron chi connectivity index (χ0n) is 10.5. The minimum Gasteiger partial charge on any atom is -0.369 e. The van der Waals surface area contributed by atoms with Gasteiger partial charge in [0.25, 0.3) is 0 Å². The van der Waals surface area contributed by atoms with Crippen LogP contribution in [0.2, 0.25) is 0 Å². The molecule has 0 aliphatic heterocycles. The van der Waals surface area contributed by atoms with Crippen LogP contribution < -0.4 is 10.6 Å². The van der Waals surface area contributed by atoms with Gasteiger partial charge in [0.15, 0.2) is 0 Å². The summed E-state index contributed by atoms with van der Waals surface area (Å²) in [5.41, 5.74) is 1.09. The fraction of sp³-hybridized carbons (Fsp3) is 0.583. The van der Waals surface area contributed by atoms with Crippen LogP contribution in [0, 0.1) is 6.92 Å². The number of nitrogens with zero attached hydrogens (tertiary/aromatic N) is 1. The van der Waals surface area contributed by atoms with Crippen LogP contribution in [-0.4, -0.2) is 30.3 Å². The van der Waals surface area contributed by atoms with Crippen molar-refractivity contribution in [3.8, 4) is 0 Å². The van der Waals surface area contributed by atoms with Gasteiger partial charge >= 0.3 is 6.18 Å². The summed E-state index contributed by atoms with van der Waals surface area (Å²) in [6.45, 7) is 4.49. The number of pyridine rings is 1. The van der Waals surface area contributed by atoms with Gasteiger partial charge in [0.1, 0.15) is 5.82 Å². The highest BCUT2D eigenvalue weighted by Crippen LogP contribution is 2.21.